The third-order valence-corrected chi connectivity index (χ3v) is 2.88. The van der Waals surface area contributed by atoms with E-state index < -0.39 is 18.0 Å². The highest BCUT2D eigenvalue weighted by Gasteiger charge is 2.33. The molecule has 1 aromatic heterocycles. The van der Waals surface area contributed by atoms with Crippen LogP contribution in [0.4, 0.5) is 19.0 Å². The van der Waals surface area contributed by atoms with Gasteiger partial charge in [-0.1, -0.05) is 6.07 Å². The first kappa shape index (κ1) is 14.1. The van der Waals surface area contributed by atoms with Gasteiger partial charge in [-0.2, -0.15) is 13.2 Å². The summed E-state index contributed by atoms with van der Waals surface area (Å²) in [5, 5.41) is 9.11. The third kappa shape index (κ3) is 3.36. The molecule has 2 rings (SSSR count). The van der Waals surface area contributed by atoms with Gasteiger partial charge in [0.2, 0.25) is 0 Å². The van der Waals surface area contributed by atoms with Crippen molar-refractivity contribution >= 4 is 5.82 Å². The number of hydrogen-bond donors (Lipinski definition) is 1. The van der Waals surface area contributed by atoms with Gasteiger partial charge in [-0.15, -0.1) is 0 Å². The average Bonchev–Trinajstić information content (AvgIpc) is 2.37. The summed E-state index contributed by atoms with van der Waals surface area (Å²) in [6.07, 6.45) is -5.02. The van der Waals surface area contributed by atoms with E-state index in [-0.39, 0.29) is 18.5 Å². The predicted molar refractivity (Wildman–Crippen MR) is 62.9 cm³/mol. The number of hydrogen-bond acceptors (Lipinski definition) is 4. The normalized spacial score (nSPS) is 24.6. The van der Waals surface area contributed by atoms with Crippen LogP contribution in [0.2, 0.25) is 0 Å². The first-order chi connectivity index (χ1) is 8.90. The second-order valence-electron chi connectivity index (χ2n) is 4.54. The molecule has 0 aliphatic carbocycles. The van der Waals surface area contributed by atoms with E-state index in [0.717, 1.165) is 6.07 Å². The van der Waals surface area contributed by atoms with Gasteiger partial charge in [-0.3, -0.25) is 0 Å². The Balaban J connectivity index is 2.21. The summed E-state index contributed by atoms with van der Waals surface area (Å²) < 4.78 is 43.3. The number of aliphatic hydroxyl groups excluding tert-OH is 1. The fourth-order valence-electron chi connectivity index (χ4n) is 2.09. The van der Waals surface area contributed by atoms with E-state index in [2.05, 4.69) is 4.98 Å². The quantitative estimate of drug-likeness (QED) is 0.893. The van der Waals surface area contributed by atoms with Crippen molar-refractivity contribution in [3.63, 3.8) is 0 Å². The van der Waals surface area contributed by atoms with Crippen molar-refractivity contribution in [2.24, 2.45) is 0 Å². The first-order valence-electron chi connectivity index (χ1n) is 5.95. The average molecular weight is 276 g/mol. The van der Waals surface area contributed by atoms with Crippen LogP contribution in [0.15, 0.2) is 18.2 Å². The minimum absolute atomic E-state index is 0.165. The number of alkyl halides is 3. The van der Waals surface area contributed by atoms with Crippen molar-refractivity contribution in [1.29, 1.82) is 0 Å². The lowest BCUT2D eigenvalue weighted by molar-refractivity contribution is -0.141. The van der Waals surface area contributed by atoms with Gasteiger partial charge in [0.15, 0.2) is 0 Å². The molecule has 1 aliphatic rings. The summed E-state index contributed by atoms with van der Waals surface area (Å²) >= 11 is 0. The molecule has 1 saturated heterocycles. The van der Waals surface area contributed by atoms with Crippen LogP contribution >= 0.6 is 0 Å². The Morgan fingerprint density at radius 3 is 2.79 bits per heavy atom. The van der Waals surface area contributed by atoms with Crippen LogP contribution in [0.25, 0.3) is 0 Å². The van der Waals surface area contributed by atoms with Crippen LogP contribution < -0.4 is 4.90 Å². The van der Waals surface area contributed by atoms with Gasteiger partial charge >= 0.3 is 6.18 Å². The molecule has 2 unspecified atom stereocenters. The molecule has 0 spiro atoms. The Morgan fingerprint density at radius 1 is 1.42 bits per heavy atom. The standard InChI is InChI=1S/C12H15F3N2O2/c1-8-5-17(6-9(7-18)19-8)11-4-2-3-10(16-11)12(13,14)15/h2-4,8-9,18H,5-7H2,1H3. The monoisotopic (exact) mass is 276 g/mol. The summed E-state index contributed by atoms with van der Waals surface area (Å²) in [7, 11) is 0. The van der Waals surface area contributed by atoms with E-state index in [0.29, 0.717) is 13.1 Å². The molecule has 0 radical (unpaired) electrons. The van der Waals surface area contributed by atoms with Gasteiger partial charge in [0.1, 0.15) is 11.5 Å². The molecule has 1 aromatic rings. The number of anilines is 1. The molecule has 0 amide bonds. The van der Waals surface area contributed by atoms with E-state index >= 15 is 0 Å². The van der Waals surface area contributed by atoms with Crippen LogP contribution in [0.5, 0.6) is 0 Å². The molecule has 106 valence electrons. The Morgan fingerprint density at radius 2 is 2.16 bits per heavy atom. The number of pyridine rings is 1. The summed E-state index contributed by atoms with van der Waals surface area (Å²) in [5.74, 6) is 0.253. The first-order valence-corrected chi connectivity index (χ1v) is 5.95. The number of aromatic nitrogens is 1. The summed E-state index contributed by atoms with van der Waals surface area (Å²) in [6, 6.07) is 3.80. The number of morpholine rings is 1. The second kappa shape index (κ2) is 5.34. The molecule has 0 aromatic carbocycles. The van der Waals surface area contributed by atoms with Crippen LogP contribution in [0, 0.1) is 0 Å². The van der Waals surface area contributed by atoms with E-state index in [9.17, 15) is 13.2 Å². The van der Waals surface area contributed by atoms with Crippen molar-refractivity contribution < 1.29 is 23.0 Å². The SMILES string of the molecule is CC1CN(c2cccc(C(F)(F)F)n2)CC(CO)O1. The lowest BCUT2D eigenvalue weighted by atomic mass is 10.2. The maximum atomic E-state index is 12.6. The molecule has 2 atom stereocenters. The Hall–Kier alpha value is -1.34. The predicted octanol–water partition coefficient (Wildman–Crippen LogP) is 1.69. The summed E-state index contributed by atoms with van der Waals surface area (Å²) in [4.78, 5) is 5.33. The molecule has 1 fully saturated rings. The minimum Gasteiger partial charge on any atom is -0.394 e. The van der Waals surface area contributed by atoms with Gasteiger partial charge in [0.25, 0.3) is 0 Å². The molecule has 4 nitrogen and oxygen atoms in total. The maximum absolute atomic E-state index is 12.6. The molecule has 19 heavy (non-hydrogen) atoms. The van der Waals surface area contributed by atoms with E-state index in [1.165, 1.54) is 12.1 Å². The molecule has 1 N–H and O–H groups in total. The van der Waals surface area contributed by atoms with E-state index in [1.807, 2.05) is 6.92 Å². The number of aliphatic hydroxyl groups is 1. The molecule has 0 saturated carbocycles. The van der Waals surface area contributed by atoms with Gasteiger partial charge < -0.3 is 14.7 Å². The summed E-state index contributed by atoms with van der Waals surface area (Å²) in [5.41, 5.74) is -0.912. The van der Waals surface area contributed by atoms with E-state index in [1.54, 1.807) is 4.90 Å². The van der Waals surface area contributed by atoms with E-state index in [4.69, 9.17) is 9.84 Å². The molecule has 2 heterocycles. The Bertz CT molecular complexity index is 439. The van der Waals surface area contributed by atoms with Gasteiger partial charge in [0, 0.05) is 13.1 Å². The van der Waals surface area contributed by atoms with Crippen molar-refractivity contribution in [3.8, 4) is 0 Å². The van der Waals surface area contributed by atoms with Gasteiger partial charge in [0.05, 0.1) is 18.8 Å². The Labute approximate surface area is 108 Å². The molecular weight excluding hydrogens is 261 g/mol. The zero-order chi connectivity index (χ0) is 14.0. The number of halogens is 3. The highest BCUT2D eigenvalue weighted by atomic mass is 19.4. The lowest BCUT2D eigenvalue weighted by Gasteiger charge is -2.36. The minimum atomic E-state index is -4.45. The Kier molecular flexibility index (Phi) is 3.96. The van der Waals surface area contributed by atoms with Crippen LogP contribution in [-0.4, -0.2) is 42.0 Å². The van der Waals surface area contributed by atoms with Crippen LogP contribution in [0.1, 0.15) is 12.6 Å². The van der Waals surface area contributed by atoms with Crippen molar-refractivity contribution in [3.05, 3.63) is 23.9 Å². The van der Waals surface area contributed by atoms with Crippen molar-refractivity contribution in [1.82, 2.24) is 4.98 Å². The van der Waals surface area contributed by atoms with Crippen molar-refractivity contribution in [2.45, 2.75) is 25.3 Å². The fourth-order valence-corrected chi connectivity index (χ4v) is 2.09. The zero-order valence-electron chi connectivity index (χ0n) is 10.4. The zero-order valence-corrected chi connectivity index (χ0v) is 10.4. The maximum Gasteiger partial charge on any atom is 0.433 e. The number of rotatable bonds is 2. The summed E-state index contributed by atoms with van der Waals surface area (Å²) in [6.45, 7) is 2.42. The second-order valence-corrected chi connectivity index (χ2v) is 4.54. The molecule has 7 heteroatoms. The highest BCUT2D eigenvalue weighted by molar-refractivity contribution is 5.40. The topological polar surface area (TPSA) is 45.6 Å². The molecule has 0 bridgehead atoms. The number of nitrogens with zero attached hydrogens (tertiary/aromatic N) is 2. The smallest absolute Gasteiger partial charge is 0.394 e. The van der Waals surface area contributed by atoms with Crippen LogP contribution in [0.3, 0.4) is 0 Å². The largest absolute Gasteiger partial charge is 0.433 e. The van der Waals surface area contributed by atoms with Gasteiger partial charge in [-0.25, -0.2) is 4.98 Å². The third-order valence-electron chi connectivity index (χ3n) is 2.88. The number of ether oxygens (including phenoxy) is 1. The fraction of sp³-hybridized carbons (Fsp3) is 0.583. The highest BCUT2D eigenvalue weighted by Crippen LogP contribution is 2.29. The van der Waals surface area contributed by atoms with Crippen molar-refractivity contribution in [2.75, 3.05) is 24.6 Å². The lowest BCUT2D eigenvalue weighted by Crippen LogP contribution is -2.48. The van der Waals surface area contributed by atoms with Crippen LogP contribution in [-0.2, 0) is 10.9 Å². The molecular formula is C12H15F3N2O2. The van der Waals surface area contributed by atoms with Gasteiger partial charge in [-0.05, 0) is 19.1 Å². The molecule has 1 aliphatic heterocycles.